The Morgan fingerprint density at radius 2 is 1.93 bits per heavy atom. The van der Waals surface area contributed by atoms with Gasteiger partial charge in [0.05, 0.1) is 17.8 Å². The van der Waals surface area contributed by atoms with E-state index in [9.17, 15) is 9.90 Å². The Labute approximate surface area is 160 Å². The topological polar surface area (TPSA) is 85.3 Å². The molecule has 2 aromatic heterocycles. The highest BCUT2D eigenvalue weighted by atomic mass is 35.5. The van der Waals surface area contributed by atoms with E-state index in [-0.39, 0.29) is 6.42 Å². The second-order valence-electron chi connectivity index (χ2n) is 6.62. The van der Waals surface area contributed by atoms with Crippen LogP contribution in [0.2, 0.25) is 5.02 Å². The molecule has 3 aromatic rings. The summed E-state index contributed by atoms with van der Waals surface area (Å²) in [5.74, 6) is 0.292. The first kappa shape index (κ1) is 17.5. The quantitative estimate of drug-likeness (QED) is 0.752. The van der Waals surface area contributed by atoms with Gasteiger partial charge in [0.2, 0.25) is 0 Å². The van der Waals surface area contributed by atoms with Gasteiger partial charge in [-0.25, -0.2) is 0 Å². The van der Waals surface area contributed by atoms with Crippen molar-refractivity contribution in [2.45, 2.75) is 26.3 Å². The molecule has 0 unspecified atom stereocenters. The summed E-state index contributed by atoms with van der Waals surface area (Å²) in [4.78, 5) is 16.3. The van der Waals surface area contributed by atoms with Crippen LogP contribution in [-0.2, 0) is 11.8 Å². The maximum atomic E-state index is 11.5. The van der Waals surface area contributed by atoms with Crippen LogP contribution in [0.25, 0.3) is 5.69 Å². The Balaban J connectivity index is 2.04. The summed E-state index contributed by atoms with van der Waals surface area (Å²) in [6.07, 6.45) is 1.84. The average Bonchev–Trinajstić information content (AvgIpc) is 3.08. The van der Waals surface area contributed by atoms with Crippen LogP contribution in [0.3, 0.4) is 0 Å². The molecule has 138 valence electrons. The highest BCUT2D eigenvalue weighted by Crippen LogP contribution is 2.34. The van der Waals surface area contributed by atoms with Gasteiger partial charge in [-0.1, -0.05) is 23.7 Å². The van der Waals surface area contributed by atoms with Crippen molar-refractivity contribution in [3.63, 3.8) is 0 Å². The zero-order valence-corrected chi connectivity index (χ0v) is 15.9. The number of rotatable bonds is 3. The normalized spacial score (nSPS) is 15.7. The number of aliphatic carboxylic acids is 1. The van der Waals surface area contributed by atoms with Gasteiger partial charge in [0.15, 0.2) is 5.82 Å². The molecule has 8 heteroatoms. The molecule has 3 heterocycles. The van der Waals surface area contributed by atoms with Crippen molar-refractivity contribution < 1.29 is 9.90 Å². The Morgan fingerprint density at radius 3 is 2.59 bits per heavy atom. The molecule has 0 saturated heterocycles. The largest absolute Gasteiger partial charge is 0.481 e. The molecule has 4 rings (SSSR count). The predicted octanol–water partition coefficient (Wildman–Crippen LogP) is 3.24. The van der Waals surface area contributed by atoms with E-state index in [0.29, 0.717) is 16.7 Å². The Morgan fingerprint density at radius 1 is 1.22 bits per heavy atom. The van der Waals surface area contributed by atoms with Crippen molar-refractivity contribution in [3.8, 4) is 5.69 Å². The minimum Gasteiger partial charge on any atom is -0.481 e. The Bertz CT molecular complexity index is 1080. The molecule has 0 aliphatic carbocycles. The predicted molar refractivity (Wildman–Crippen MR) is 102 cm³/mol. The highest BCUT2D eigenvalue weighted by molar-refractivity contribution is 6.30. The molecule has 0 radical (unpaired) electrons. The molecule has 0 fully saturated rings. The lowest BCUT2D eigenvalue weighted by atomic mass is 10.0. The van der Waals surface area contributed by atoms with Crippen LogP contribution in [-0.4, -0.2) is 36.1 Å². The summed E-state index contributed by atoms with van der Waals surface area (Å²) in [6.45, 7) is 3.87. The van der Waals surface area contributed by atoms with Crippen molar-refractivity contribution in [2.24, 2.45) is 12.0 Å². The molecule has 27 heavy (non-hydrogen) atoms. The van der Waals surface area contributed by atoms with Gasteiger partial charge in [0.25, 0.3) is 0 Å². The summed E-state index contributed by atoms with van der Waals surface area (Å²) >= 11 is 6.05. The second-order valence-corrected chi connectivity index (χ2v) is 7.06. The number of nitrogens with zero attached hydrogens (tertiary/aromatic N) is 5. The van der Waals surface area contributed by atoms with E-state index in [1.54, 1.807) is 12.1 Å². The lowest BCUT2D eigenvalue weighted by Gasteiger charge is -2.11. The molecule has 0 saturated carbocycles. The number of benzene rings is 1. The fourth-order valence-electron chi connectivity index (χ4n) is 3.47. The number of hydrogen-bond acceptors (Lipinski definition) is 4. The summed E-state index contributed by atoms with van der Waals surface area (Å²) in [5, 5.41) is 18.4. The minimum atomic E-state index is -0.935. The zero-order valence-electron chi connectivity index (χ0n) is 15.1. The molecule has 0 bridgehead atoms. The maximum absolute atomic E-state index is 11.5. The lowest BCUT2D eigenvalue weighted by Crippen LogP contribution is -2.11. The monoisotopic (exact) mass is 383 g/mol. The number of carboxylic acid groups (broad SMARTS) is 1. The van der Waals surface area contributed by atoms with Crippen LogP contribution in [0.4, 0.5) is 0 Å². The average molecular weight is 384 g/mol. The number of halogens is 1. The van der Waals surface area contributed by atoms with Gasteiger partial charge in [0, 0.05) is 35.1 Å². The number of fused-ring (bicyclic) bond motifs is 3. The SMILES string of the molecule is Cc1c2c(cn1C)-n1c(C)nnc1[C@H](CC(=O)O)N=C2c1ccc(Cl)cc1. The van der Waals surface area contributed by atoms with Crippen LogP contribution in [0, 0.1) is 13.8 Å². The van der Waals surface area contributed by atoms with Gasteiger partial charge >= 0.3 is 5.97 Å². The molecule has 1 aliphatic rings. The standard InChI is InChI=1S/C19H18ClN5O2/c1-10-17-15(9-24(10)3)25-11(2)22-23-19(25)14(8-16(26)27)21-18(17)12-4-6-13(20)7-5-12/h4-7,9,14H,8H2,1-3H3,(H,26,27)/t14-/m0/s1. The number of carboxylic acids is 1. The van der Waals surface area contributed by atoms with Gasteiger partial charge in [-0.2, -0.15) is 0 Å². The summed E-state index contributed by atoms with van der Waals surface area (Å²) in [6, 6.07) is 6.77. The molecule has 1 N–H and O–H groups in total. The molecular formula is C19H18ClN5O2. The Hall–Kier alpha value is -2.93. The number of carbonyl (C=O) groups is 1. The number of aromatic nitrogens is 4. The van der Waals surface area contributed by atoms with Crippen LogP contribution in [0.1, 0.15) is 40.9 Å². The van der Waals surface area contributed by atoms with Crippen LogP contribution in [0.15, 0.2) is 35.5 Å². The van der Waals surface area contributed by atoms with Crippen molar-refractivity contribution >= 4 is 23.3 Å². The second kappa shape index (κ2) is 6.35. The third-order valence-corrected chi connectivity index (χ3v) is 5.11. The van der Waals surface area contributed by atoms with Crippen LogP contribution >= 0.6 is 11.6 Å². The summed E-state index contributed by atoms with van der Waals surface area (Å²) in [5.41, 5.74) is 4.47. The minimum absolute atomic E-state index is 0.162. The van der Waals surface area contributed by atoms with Gasteiger partial charge < -0.3 is 9.67 Å². The summed E-state index contributed by atoms with van der Waals surface area (Å²) in [7, 11) is 1.97. The third-order valence-electron chi connectivity index (χ3n) is 4.86. The van der Waals surface area contributed by atoms with Gasteiger partial charge in [-0.3, -0.25) is 14.4 Å². The van der Waals surface area contributed by atoms with E-state index in [1.807, 2.05) is 48.4 Å². The first-order chi connectivity index (χ1) is 12.9. The van der Waals surface area contributed by atoms with E-state index < -0.39 is 12.0 Å². The van der Waals surface area contributed by atoms with Crippen molar-refractivity contribution in [2.75, 3.05) is 0 Å². The van der Waals surface area contributed by atoms with Crippen molar-refractivity contribution in [1.82, 2.24) is 19.3 Å². The van der Waals surface area contributed by atoms with E-state index in [4.69, 9.17) is 16.6 Å². The molecule has 1 aromatic carbocycles. The van der Waals surface area contributed by atoms with Crippen molar-refractivity contribution in [3.05, 3.63) is 64.0 Å². The number of aliphatic imine (C=N–C) groups is 1. The summed E-state index contributed by atoms with van der Waals surface area (Å²) < 4.78 is 3.93. The molecule has 7 nitrogen and oxygen atoms in total. The van der Waals surface area contributed by atoms with Crippen LogP contribution in [0.5, 0.6) is 0 Å². The first-order valence-electron chi connectivity index (χ1n) is 8.51. The van der Waals surface area contributed by atoms with E-state index in [0.717, 1.165) is 28.2 Å². The van der Waals surface area contributed by atoms with Crippen molar-refractivity contribution in [1.29, 1.82) is 0 Å². The highest BCUT2D eigenvalue weighted by Gasteiger charge is 2.31. The van der Waals surface area contributed by atoms with E-state index in [2.05, 4.69) is 10.2 Å². The zero-order chi connectivity index (χ0) is 19.3. The fourth-order valence-corrected chi connectivity index (χ4v) is 3.59. The Kier molecular flexibility index (Phi) is 4.11. The molecule has 1 aliphatic heterocycles. The smallest absolute Gasteiger partial charge is 0.306 e. The van der Waals surface area contributed by atoms with E-state index in [1.165, 1.54) is 0 Å². The first-order valence-corrected chi connectivity index (χ1v) is 8.88. The van der Waals surface area contributed by atoms with Gasteiger partial charge in [0.1, 0.15) is 11.9 Å². The molecule has 0 spiro atoms. The fraction of sp³-hybridized carbons (Fsp3) is 0.263. The molecule has 1 atom stereocenters. The number of aryl methyl sites for hydroxylation is 2. The number of hydrogen-bond donors (Lipinski definition) is 1. The maximum Gasteiger partial charge on any atom is 0.306 e. The van der Waals surface area contributed by atoms with E-state index >= 15 is 0 Å². The van der Waals surface area contributed by atoms with Gasteiger partial charge in [-0.15, -0.1) is 10.2 Å². The van der Waals surface area contributed by atoms with Gasteiger partial charge in [-0.05, 0) is 26.0 Å². The molecule has 0 amide bonds. The van der Waals surface area contributed by atoms with Crippen LogP contribution < -0.4 is 0 Å². The third kappa shape index (κ3) is 2.84. The lowest BCUT2D eigenvalue weighted by molar-refractivity contribution is -0.137. The molecular weight excluding hydrogens is 366 g/mol.